The molecular formula is C15H22O2S. The Balaban J connectivity index is 2.12. The van der Waals surface area contributed by atoms with Crippen molar-refractivity contribution in [3.05, 3.63) is 34.9 Å². The van der Waals surface area contributed by atoms with E-state index in [0.29, 0.717) is 6.42 Å². The lowest BCUT2D eigenvalue weighted by Crippen LogP contribution is -1.94. The fraction of sp³-hybridized carbons (Fsp3) is 0.533. The van der Waals surface area contributed by atoms with Crippen LogP contribution in [0, 0.1) is 13.8 Å². The van der Waals surface area contributed by atoms with E-state index in [1.807, 2.05) is 11.8 Å². The molecule has 0 atom stereocenters. The van der Waals surface area contributed by atoms with E-state index in [2.05, 4.69) is 32.0 Å². The second-order valence-corrected chi connectivity index (χ2v) is 5.86. The molecule has 2 nitrogen and oxygen atoms in total. The molecule has 0 saturated heterocycles. The van der Waals surface area contributed by atoms with Crippen LogP contribution in [-0.4, -0.2) is 16.8 Å². The first-order valence-corrected chi connectivity index (χ1v) is 7.60. The third-order valence-corrected chi connectivity index (χ3v) is 3.84. The second kappa shape index (κ2) is 8.20. The number of aliphatic carboxylic acids is 1. The van der Waals surface area contributed by atoms with Crippen LogP contribution in [0.4, 0.5) is 0 Å². The number of carboxylic acids is 1. The minimum atomic E-state index is -0.683. The highest BCUT2D eigenvalue weighted by Crippen LogP contribution is 2.17. The molecule has 100 valence electrons. The van der Waals surface area contributed by atoms with Crippen LogP contribution in [0.5, 0.6) is 0 Å². The molecule has 1 rings (SSSR count). The van der Waals surface area contributed by atoms with Gasteiger partial charge in [0.1, 0.15) is 0 Å². The zero-order valence-electron chi connectivity index (χ0n) is 11.2. The van der Waals surface area contributed by atoms with Crippen molar-refractivity contribution < 1.29 is 9.90 Å². The van der Waals surface area contributed by atoms with Crippen molar-refractivity contribution in [3.8, 4) is 0 Å². The van der Waals surface area contributed by atoms with Crippen LogP contribution in [0.1, 0.15) is 42.4 Å². The first kappa shape index (κ1) is 15.1. The van der Waals surface area contributed by atoms with Crippen LogP contribution in [0.2, 0.25) is 0 Å². The Bertz CT molecular complexity index is 368. The van der Waals surface area contributed by atoms with E-state index < -0.39 is 5.97 Å². The Labute approximate surface area is 114 Å². The first-order chi connectivity index (χ1) is 8.58. The average Bonchev–Trinajstić information content (AvgIpc) is 2.26. The number of carboxylic acid groups (broad SMARTS) is 1. The zero-order valence-corrected chi connectivity index (χ0v) is 12.1. The SMILES string of the molecule is Cc1cc(C)cc(CSCCCCCC(=O)O)c1. The number of hydrogen-bond acceptors (Lipinski definition) is 2. The Morgan fingerprint density at radius 1 is 1.11 bits per heavy atom. The fourth-order valence-corrected chi connectivity index (χ4v) is 2.95. The van der Waals surface area contributed by atoms with E-state index in [1.165, 1.54) is 16.7 Å². The van der Waals surface area contributed by atoms with E-state index in [-0.39, 0.29) is 0 Å². The van der Waals surface area contributed by atoms with Gasteiger partial charge in [0.2, 0.25) is 0 Å². The fourth-order valence-electron chi connectivity index (χ4n) is 2.00. The molecule has 0 bridgehead atoms. The van der Waals surface area contributed by atoms with Gasteiger partial charge in [-0.2, -0.15) is 11.8 Å². The molecule has 18 heavy (non-hydrogen) atoms. The highest BCUT2D eigenvalue weighted by atomic mass is 32.2. The molecule has 0 aliphatic heterocycles. The van der Waals surface area contributed by atoms with Crippen molar-refractivity contribution in [1.82, 2.24) is 0 Å². The molecule has 0 fully saturated rings. The van der Waals surface area contributed by atoms with Gasteiger partial charge in [-0.3, -0.25) is 4.79 Å². The van der Waals surface area contributed by atoms with Gasteiger partial charge in [-0.25, -0.2) is 0 Å². The number of hydrogen-bond donors (Lipinski definition) is 1. The summed E-state index contributed by atoms with van der Waals surface area (Å²) in [7, 11) is 0. The Kier molecular flexibility index (Phi) is 6.88. The van der Waals surface area contributed by atoms with Gasteiger partial charge < -0.3 is 5.11 Å². The van der Waals surface area contributed by atoms with Gasteiger partial charge in [0.15, 0.2) is 0 Å². The summed E-state index contributed by atoms with van der Waals surface area (Å²) >= 11 is 1.94. The minimum absolute atomic E-state index is 0.307. The molecule has 0 unspecified atom stereocenters. The van der Waals surface area contributed by atoms with E-state index in [9.17, 15) is 4.79 Å². The lowest BCUT2D eigenvalue weighted by atomic mass is 10.1. The normalized spacial score (nSPS) is 10.6. The van der Waals surface area contributed by atoms with Gasteiger partial charge in [0, 0.05) is 12.2 Å². The molecule has 0 aromatic heterocycles. The maximum absolute atomic E-state index is 10.3. The van der Waals surface area contributed by atoms with Crippen molar-refractivity contribution >= 4 is 17.7 Å². The molecule has 0 heterocycles. The summed E-state index contributed by atoms with van der Waals surface area (Å²) in [6.07, 6.45) is 3.25. The van der Waals surface area contributed by atoms with Crippen molar-refractivity contribution in [2.24, 2.45) is 0 Å². The van der Waals surface area contributed by atoms with Crippen LogP contribution in [-0.2, 0) is 10.5 Å². The molecule has 1 N–H and O–H groups in total. The predicted octanol–water partition coefficient (Wildman–Crippen LogP) is 4.18. The van der Waals surface area contributed by atoms with E-state index in [4.69, 9.17) is 5.11 Å². The highest BCUT2D eigenvalue weighted by molar-refractivity contribution is 7.98. The summed E-state index contributed by atoms with van der Waals surface area (Å²) in [4.78, 5) is 10.3. The highest BCUT2D eigenvalue weighted by Gasteiger charge is 1.98. The molecule has 0 saturated carbocycles. The smallest absolute Gasteiger partial charge is 0.303 e. The molecule has 0 radical (unpaired) electrons. The molecule has 3 heteroatoms. The van der Waals surface area contributed by atoms with Gasteiger partial charge in [-0.05, 0) is 38.0 Å². The number of unbranched alkanes of at least 4 members (excludes halogenated alkanes) is 2. The van der Waals surface area contributed by atoms with Crippen molar-refractivity contribution in [1.29, 1.82) is 0 Å². The Morgan fingerprint density at radius 2 is 1.78 bits per heavy atom. The van der Waals surface area contributed by atoms with Crippen LogP contribution in [0.15, 0.2) is 18.2 Å². The molecule has 0 aliphatic carbocycles. The molecule has 0 amide bonds. The topological polar surface area (TPSA) is 37.3 Å². The molecule has 0 spiro atoms. The zero-order chi connectivity index (χ0) is 13.4. The quantitative estimate of drug-likeness (QED) is 0.717. The third kappa shape index (κ3) is 6.70. The van der Waals surface area contributed by atoms with Gasteiger partial charge >= 0.3 is 5.97 Å². The van der Waals surface area contributed by atoms with Crippen molar-refractivity contribution in [2.75, 3.05) is 5.75 Å². The van der Waals surface area contributed by atoms with E-state index in [0.717, 1.165) is 30.8 Å². The monoisotopic (exact) mass is 266 g/mol. The number of rotatable bonds is 8. The molecular weight excluding hydrogens is 244 g/mol. The largest absolute Gasteiger partial charge is 0.481 e. The van der Waals surface area contributed by atoms with E-state index >= 15 is 0 Å². The van der Waals surface area contributed by atoms with Crippen LogP contribution in [0.3, 0.4) is 0 Å². The maximum Gasteiger partial charge on any atom is 0.303 e. The van der Waals surface area contributed by atoms with E-state index in [1.54, 1.807) is 0 Å². The summed E-state index contributed by atoms with van der Waals surface area (Å²) in [5.74, 6) is 1.49. The van der Waals surface area contributed by atoms with Crippen LogP contribution >= 0.6 is 11.8 Å². The van der Waals surface area contributed by atoms with Gasteiger partial charge in [0.05, 0.1) is 0 Å². The van der Waals surface area contributed by atoms with Crippen LogP contribution in [0.25, 0.3) is 0 Å². The van der Waals surface area contributed by atoms with Gasteiger partial charge in [-0.1, -0.05) is 35.7 Å². The second-order valence-electron chi connectivity index (χ2n) is 4.75. The van der Waals surface area contributed by atoms with Gasteiger partial charge in [-0.15, -0.1) is 0 Å². The molecule has 1 aromatic rings. The number of thioether (sulfide) groups is 1. The lowest BCUT2D eigenvalue weighted by Gasteiger charge is -2.05. The third-order valence-electron chi connectivity index (χ3n) is 2.73. The van der Waals surface area contributed by atoms with Crippen LogP contribution < -0.4 is 0 Å². The summed E-state index contributed by atoms with van der Waals surface area (Å²) in [6, 6.07) is 6.68. The summed E-state index contributed by atoms with van der Waals surface area (Å²) < 4.78 is 0. The average molecular weight is 266 g/mol. The standard InChI is InChI=1S/C15H22O2S/c1-12-8-13(2)10-14(9-12)11-18-7-5-3-4-6-15(16)17/h8-10H,3-7,11H2,1-2H3,(H,16,17). The van der Waals surface area contributed by atoms with Crippen molar-refractivity contribution in [2.45, 2.75) is 45.3 Å². The lowest BCUT2D eigenvalue weighted by molar-refractivity contribution is -0.137. The summed E-state index contributed by atoms with van der Waals surface area (Å²) in [5.41, 5.74) is 4.04. The molecule has 1 aromatic carbocycles. The predicted molar refractivity (Wildman–Crippen MR) is 78.2 cm³/mol. The number of aryl methyl sites for hydroxylation is 2. The minimum Gasteiger partial charge on any atom is -0.481 e. The summed E-state index contributed by atoms with van der Waals surface area (Å²) in [5, 5.41) is 8.51. The molecule has 0 aliphatic rings. The summed E-state index contributed by atoms with van der Waals surface area (Å²) in [6.45, 7) is 4.26. The number of benzene rings is 1. The Morgan fingerprint density at radius 3 is 2.39 bits per heavy atom. The first-order valence-electron chi connectivity index (χ1n) is 6.44. The maximum atomic E-state index is 10.3. The Hall–Kier alpha value is -0.960. The van der Waals surface area contributed by atoms with Crippen molar-refractivity contribution in [3.63, 3.8) is 0 Å². The number of carbonyl (C=O) groups is 1. The van der Waals surface area contributed by atoms with Gasteiger partial charge in [0.25, 0.3) is 0 Å².